The van der Waals surface area contributed by atoms with Gasteiger partial charge in [0.15, 0.2) is 5.11 Å². The van der Waals surface area contributed by atoms with Gasteiger partial charge in [0.1, 0.15) is 11.5 Å². The van der Waals surface area contributed by atoms with E-state index in [2.05, 4.69) is 26.6 Å². The minimum absolute atomic E-state index is 0.0582. The van der Waals surface area contributed by atoms with E-state index in [0.29, 0.717) is 5.11 Å². The number of ether oxygens (including phenoxy) is 2. The highest BCUT2D eigenvalue weighted by atomic mass is 79.9. The number of halogens is 1. The largest absolute Gasteiger partial charge is 0.497 e. The molecule has 0 aliphatic carbocycles. The van der Waals surface area contributed by atoms with E-state index in [0.717, 1.165) is 27.2 Å². The Kier molecular flexibility index (Phi) is 6.24. The molecule has 23 heavy (non-hydrogen) atoms. The second kappa shape index (κ2) is 8.17. The normalized spacial score (nSPS) is 11.5. The van der Waals surface area contributed by atoms with Crippen molar-refractivity contribution < 1.29 is 9.47 Å². The van der Waals surface area contributed by atoms with Crippen molar-refractivity contribution in [2.24, 2.45) is 0 Å². The molecule has 0 unspecified atom stereocenters. The third kappa shape index (κ3) is 4.84. The van der Waals surface area contributed by atoms with Crippen molar-refractivity contribution in [2.45, 2.75) is 13.0 Å². The van der Waals surface area contributed by atoms with Crippen molar-refractivity contribution in [1.82, 2.24) is 5.32 Å². The molecule has 0 amide bonds. The van der Waals surface area contributed by atoms with Crippen LogP contribution >= 0.6 is 28.1 Å². The van der Waals surface area contributed by atoms with Gasteiger partial charge in [-0.25, -0.2) is 0 Å². The molecule has 6 heteroatoms. The first-order valence-electron chi connectivity index (χ1n) is 7.08. The molecule has 2 N–H and O–H groups in total. The van der Waals surface area contributed by atoms with E-state index in [-0.39, 0.29) is 6.04 Å². The molecule has 1 atom stereocenters. The molecule has 122 valence electrons. The van der Waals surface area contributed by atoms with Gasteiger partial charge in [0, 0.05) is 11.8 Å². The zero-order chi connectivity index (χ0) is 16.8. The number of rotatable bonds is 5. The standard InChI is InChI=1S/C17H19BrN2O2S/c1-11(12-7-8-16(22-3)15(18)9-12)19-17(23)20-13-5-4-6-14(10-13)21-2/h4-11H,1-3H3,(H2,19,20,23)/t11-/m1/s1. The molecule has 0 aliphatic heterocycles. The highest BCUT2D eigenvalue weighted by Gasteiger charge is 2.10. The lowest BCUT2D eigenvalue weighted by Gasteiger charge is -2.18. The highest BCUT2D eigenvalue weighted by molar-refractivity contribution is 9.10. The first kappa shape index (κ1) is 17.6. The fraction of sp³-hybridized carbons (Fsp3) is 0.235. The first-order valence-corrected chi connectivity index (χ1v) is 8.28. The summed E-state index contributed by atoms with van der Waals surface area (Å²) in [4.78, 5) is 0. The quantitative estimate of drug-likeness (QED) is 0.729. The summed E-state index contributed by atoms with van der Waals surface area (Å²) in [7, 11) is 3.29. The summed E-state index contributed by atoms with van der Waals surface area (Å²) in [6, 6.07) is 13.6. The van der Waals surface area contributed by atoms with Crippen LogP contribution in [0.2, 0.25) is 0 Å². The van der Waals surface area contributed by atoms with Crippen LogP contribution in [0.5, 0.6) is 11.5 Å². The molecule has 0 radical (unpaired) electrons. The van der Waals surface area contributed by atoms with Crippen LogP contribution in [0.3, 0.4) is 0 Å². The van der Waals surface area contributed by atoms with E-state index >= 15 is 0 Å². The Bertz CT molecular complexity index is 694. The molecule has 4 nitrogen and oxygen atoms in total. The topological polar surface area (TPSA) is 42.5 Å². The second-order valence-corrected chi connectivity index (χ2v) is 6.21. The summed E-state index contributed by atoms with van der Waals surface area (Å²) in [5, 5.41) is 6.98. The molecule has 2 aromatic carbocycles. The summed E-state index contributed by atoms with van der Waals surface area (Å²) < 4.78 is 11.4. The first-order chi connectivity index (χ1) is 11.0. The van der Waals surface area contributed by atoms with Crippen molar-refractivity contribution >= 4 is 38.9 Å². The molecule has 0 heterocycles. The van der Waals surface area contributed by atoms with Crippen molar-refractivity contribution in [3.05, 3.63) is 52.5 Å². The van der Waals surface area contributed by atoms with Gasteiger partial charge in [-0.2, -0.15) is 0 Å². The van der Waals surface area contributed by atoms with E-state index in [1.807, 2.05) is 49.4 Å². The van der Waals surface area contributed by atoms with Crippen molar-refractivity contribution in [3.8, 4) is 11.5 Å². The molecule has 0 aromatic heterocycles. The van der Waals surface area contributed by atoms with E-state index in [1.54, 1.807) is 14.2 Å². The Morgan fingerprint density at radius 2 is 1.91 bits per heavy atom. The Balaban J connectivity index is 2.00. The van der Waals surface area contributed by atoms with Gasteiger partial charge in [-0.3, -0.25) is 0 Å². The molecule has 0 fully saturated rings. The third-order valence-electron chi connectivity index (χ3n) is 3.35. The summed E-state index contributed by atoms with van der Waals surface area (Å²) in [6.07, 6.45) is 0. The highest BCUT2D eigenvalue weighted by Crippen LogP contribution is 2.28. The number of benzene rings is 2. The van der Waals surface area contributed by atoms with Gasteiger partial charge in [-0.15, -0.1) is 0 Å². The smallest absolute Gasteiger partial charge is 0.171 e. The number of hydrogen-bond donors (Lipinski definition) is 2. The van der Waals surface area contributed by atoms with Gasteiger partial charge in [0.2, 0.25) is 0 Å². The van der Waals surface area contributed by atoms with Gasteiger partial charge in [0.05, 0.1) is 24.7 Å². The van der Waals surface area contributed by atoms with Gasteiger partial charge >= 0.3 is 0 Å². The van der Waals surface area contributed by atoms with Crippen molar-refractivity contribution in [3.63, 3.8) is 0 Å². The third-order valence-corrected chi connectivity index (χ3v) is 4.19. The predicted octanol–water partition coefficient (Wildman–Crippen LogP) is 4.51. The Hall–Kier alpha value is -1.79. The summed E-state index contributed by atoms with van der Waals surface area (Å²) in [5.74, 6) is 1.59. The molecular weight excluding hydrogens is 376 g/mol. The van der Waals surface area contributed by atoms with Crippen LogP contribution in [-0.2, 0) is 0 Å². The Morgan fingerprint density at radius 1 is 1.13 bits per heavy atom. The fourth-order valence-electron chi connectivity index (χ4n) is 2.10. The van der Waals surface area contributed by atoms with Crippen LogP contribution in [0.1, 0.15) is 18.5 Å². The average molecular weight is 395 g/mol. The maximum Gasteiger partial charge on any atom is 0.171 e. The number of nitrogens with one attached hydrogen (secondary N) is 2. The van der Waals surface area contributed by atoms with E-state index in [9.17, 15) is 0 Å². The van der Waals surface area contributed by atoms with E-state index in [1.165, 1.54) is 0 Å². The maximum atomic E-state index is 5.37. The van der Waals surface area contributed by atoms with Crippen LogP contribution in [0, 0.1) is 0 Å². The van der Waals surface area contributed by atoms with E-state index in [4.69, 9.17) is 21.7 Å². The summed E-state index contributed by atoms with van der Waals surface area (Å²) in [5.41, 5.74) is 1.98. The Morgan fingerprint density at radius 3 is 2.57 bits per heavy atom. The fourth-order valence-corrected chi connectivity index (χ4v) is 2.95. The monoisotopic (exact) mass is 394 g/mol. The lowest BCUT2D eigenvalue weighted by molar-refractivity contribution is 0.412. The maximum absolute atomic E-state index is 5.37. The molecular formula is C17H19BrN2O2S. The van der Waals surface area contributed by atoms with Crippen LogP contribution in [0.25, 0.3) is 0 Å². The van der Waals surface area contributed by atoms with Crippen molar-refractivity contribution in [2.75, 3.05) is 19.5 Å². The predicted molar refractivity (Wildman–Crippen MR) is 101 cm³/mol. The molecule has 0 aliphatic rings. The SMILES string of the molecule is COc1cccc(NC(=S)N[C@H](C)c2ccc(OC)c(Br)c2)c1. The number of hydrogen-bond acceptors (Lipinski definition) is 3. The van der Waals surface area contributed by atoms with E-state index < -0.39 is 0 Å². The summed E-state index contributed by atoms with van der Waals surface area (Å²) in [6.45, 7) is 2.05. The lowest BCUT2D eigenvalue weighted by atomic mass is 10.1. The van der Waals surface area contributed by atoms with Crippen LogP contribution in [-0.4, -0.2) is 19.3 Å². The summed E-state index contributed by atoms with van der Waals surface area (Å²) >= 11 is 8.87. The number of methoxy groups -OCH3 is 2. The zero-order valence-corrected chi connectivity index (χ0v) is 15.6. The van der Waals surface area contributed by atoms with Gasteiger partial charge in [0.25, 0.3) is 0 Å². The van der Waals surface area contributed by atoms with Gasteiger partial charge in [-0.1, -0.05) is 12.1 Å². The van der Waals surface area contributed by atoms with Crippen molar-refractivity contribution in [1.29, 1.82) is 0 Å². The number of thiocarbonyl (C=S) groups is 1. The molecule has 0 spiro atoms. The Labute approximate surface area is 150 Å². The minimum atomic E-state index is 0.0582. The molecule has 2 aromatic rings. The molecule has 0 saturated carbocycles. The zero-order valence-electron chi connectivity index (χ0n) is 13.2. The van der Waals surface area contributed by atoms with Crippen LogP contribution in [0.15, 0.2) is 46.9 Å². The van der Waals surface area contributed by atoms with Gasteiger partial charge < -0.3 is 20.1 Å². The van der Waals surface area contributed by atoms with Crippen LogP contribution in [0.4, 0.5) is 5.69 Å². The molecule has 0 bridgehead atoms. The minimum Gasteiger partial charge on any atom is -0.497 e. The number of anilines is 1. The molecule has 2 rings (SSSR count). The second-order valence-electron chi connectivity index (χ2n) is 4.95. The molecule has 0 saturated heterocycles. The average Bonchev–Trinajstić information content (AvgIpc) is 2.54. The van der Waals surface area contributed by atoms with Crippen LogP contribution < -0.4 is 20.1 Å². The van der Waals surface area contributed by atoms with Gasteiger partial charge in [-0.05, 0) is 64.9 Å². The lowest BCUT2D eigenvalue weighted by Crippen LogP contribution is -2.30.